The van der Waals surface area contributed by atoms with Crippen LogP contribution in [0, 0.1) is 5.82 Å². The standard InChI is InChI=1S/C21H23FN2O5S2/c1-28-18-6-5-14(13-19(18)31(26,27)24-8-10-29-11-9-24)21(25)23-17-7-12-30-20-15(17)3-2-4-16(20)22/h2-6,13,17H,7-12H2,1H3,(H,23,25)/t17-/m0/s1. The summed E-state index contributed by atoms with van der Waals surface area (Å²) in [6, 6.07) is 8.83. The largest absolute Gasteiger partial charge is 0.495 e. The lowest BCUT2D eigenvalue weighted by molar-refractivity contribution is 0.0729. The summed E-state index contributed by atoms with van der Waals surface area (Å²) in [5.41, 5.74) is 0.933. The number of sulfonamides is 1. The van der Waals surface area contributed by atoms with Crippen LogP contribution in [-0.4, -0.2) is 57.8 Å². The van der Waals surface area contributed by atoms with Crippen molar-refractivity contribution in [1.82, 2.24) is 9.62 Å². The number of hydrogen-bond acceptors (Lipinski definition) is 6. The third-order valence-corrected chi connectivity index (χ3v) is 8.42. The maximum absolute atomic E-state index is 14.1. The minimum absolute atomic E-state index is 0.0600. The number of methoxy groups -OCH3 is 1. The van der Waals surface area contributed by atoms with Crippen molar-refractivity contribution in [3.8, 4) is 5.75 Å². The van der Waals surface area contributed by atoms with Gasteiger partial charge < -0.3 is 14.8 Å². The number of hydrogen-bond donors (Lipinski definition) is 1. The van der Waals surface area contributed by atoms with Crippen LogP contribution in [0.15, 0.2) is 46.2 Å². The third kappa shape index (κ3) is 4.43. The number of rotatable bonds is 5. The van der Waals surface area contributed by atoms with Crippen LogP contribution in [0.25, 0.3) is 0 Å². The number of nitrogens with one attached hydrogen (secondary N) is 1. The van der Waals surface area contributed by atoms with Crippen LogP contribution in [-0.2, 0) is 14.8 Å². The molecule has 2 aromatic rings. The van der Waals surface area contributed by atoms with Gasteiger partial charge in [-0.3, -0.25) is 4.79 Å². The van der Waals surface area contributed by atoms with Gasteiger partial charge in [0, 0.05) is 29.3 Å². The molecule has 1 fully saturated rings. The second-order valence-corrected chi connectivity index (χ2v) is 10.2. The van der Waals surface area contributed by atoms with Crippen molar-refractivity contribution in [3.05, 3.63) is 53.3 Å². The van der Waals surface area contributed by atoms with Crippen LogP contribution < -0.4 is 10.1 Å². The van der Waals surface area contributed by atoms with Gasteiger partial charge in [0.25, 0.3) is 5.91 Å². The van der Waals surface area contributed by atoms with E-state index in [1.807, 2.05) is 0 Å². The van der Waals surface area contributed by atoms with E-state index < -0.39 is 15.9 Å². The van der Waals surface area contributed by atoms with Crippen molar-refractivity contribution in [1.29, 1.82) is 0 Å². The normalized spacial score (nSPS) is 19.5. The molecule has 0 saturated carbocycles. The number of fused-ring (bicyclic) bond motifs is 1. The van der Waals surface area contributed by atoms with Crippen molar-refractivity contribution in [3.63, 3.8) is 0 Å². The lowest BCUT2D eigenvalue weighted by Gasteiger charge is -2.27. The van der Waals surface area contributed by atoms with Crippen LogP contribution in [0.5, 0.6) is 5.75 Å². The summed E-state index contributed by atoms with van der Waals surface area (Å²) >= 11 is 1.43. The first-order chi connectivity index (χ1) is 14.9. The van der Waals surface area contributed by atoms with Crippen LogP contribution in [0.4, 0.5) is 4.39 Å². The van der Waals surface area contributed by atoms with Crippen molar-refractivity contribution in [2.45, 2.75) is 22.3 Å². The zero-order chi connectivity index (χ0) is 22.0. The van der Waals surface area contributed by atoms with Gasteiger partial charge in [-0.15, -0.1) is 11.8 Å². The minimum Gasteiger partial charge on any atom is -0.495 e. The molecule has 1 atom stereocenters. The van der Waals surface area contributed by atoms with Crippen LogP contribution >= 0.6 is 11.8 Å². The highest BCUT2D eigenvalue weighted by Gasteiger charge is 2.31. The molecule has 31 heavy (non-hydrogen) atoms. The molecule has 0 aromatic heterocycles. The Labute approximate surface area is 185 Å². The molecule has 2 aliphatic heterocycles. The van der Waals surface area contributed by atoms with Gasteiger partial charge in [-0.1, -0.05) is 12.1 Å². The van der Waals surface area contributed by atoms with E-state index in [0.29, 0.717) is 30.3 Å². The molecular weight excluding hydrogens is 443 g/mol. The highest BCUT2D eigenvalue weighted by molar-refractivity contribution is 7.99. The van der Waals surface area contributed by atoms with Crippen LogP contribution in [0.1, 0.15) is 28.4 Å². The summed E-state index contributed by atoms with van der Waals surface area (Å²) in [6.07, 6.45) is 0.655. The SMILES string of the molecule is COc1ccc(C(=O)N[C@H]2CCSc3c(F)cccc32)cc1S(=O)(=O)N1CCOCC1. The van der Waals surface area contributed by atoms with E-state index in [1.54, 1.807) is 12.1 Å². The molecule has 1 N–H and O–H groups in total. The lowest BCUT2D eigenvalue weighted by Crippen LogP contribution is -2.40. The van der Waals surface area contributed by atoms with E-state index in [9.17, 15) is 17.6 Å². The maximum Gasteiger partial charge on any atom is 0.251 e. The predicted molar refractivity (Wildman–Crippen MR) is 115 cm³/mol. The Morgan fingerprint density at radius 3 is 2.77 bits per heavy atom. The van der Waals surface area contributed by atoms with Gasteiger partial charge in [0.1, 0.15) is 16.5 Å². The fourth-order valence-corrected chi connectivity index (χ4v) is 6.45. The molecular formula is C21H23FN2O5S2. The van der Waals surface area contributed by atoms with Gasteiger partial charge in [-0.2, -0.15) is 4.31 Å². The van der Waals surface area contributed by atoms with E-state index in [0.717, 1.165) is 5.56 Å². The Hall–Kier alpha value is -2.14. The van der Waals surface area contributed by atoms with E-state index in [4.69, 9.17) is 9.47 Å². The zero-order valence-corrected chi connectivity index (χ0v) is 18.6. The number of morpholine rings is 1. The molecule has 0 unspecified atom stereocenters. The summed E-state index contributed by atoms with van der Waals surface area (Å²) < 4.78 is 52.2. The number of thioether (sulfide) groups is 1. The van der Waals surface area contributed by atoms with Crippen LogP contribution in [0.3, 0.4) is 0 Å². The predicted octanol–water partition coefficient (Wildman–Crippen LogP) is 2.82. The third-order valence-electron chi connectivity index (χ3n) is 5.34. The maximum atomic E-state index is 14.1. The summed E-state index contributed by atoms with van der Waals surface area (Å²) in [4.78, 5) is 13.5. The van der Waals surface area contributed by atoms with Gasteiger partial charge >= 0.3 is 0 Å². The van der Waals surface area contributed by atoms with Crippen molar-refractivity contribution >= 4 is 27.7 Å². The molecule has 1 saturated heterocycles. The van der Waals surface area contributed by atoms with Gasteiger partial charge in [-0.25, -0.2) is 12.8 Å². The minimum atomic E-state index is -3.85. The number of halogens is 1. The van der Waals surface area contributed by atoms with Gasteiger partial charge in [0.2, 0.25) is 10.0 Å². The molecule has 2 aromatic carbocycles. The molecule has 4 rings (SSSR count). The molecule has 2 aliphatic rings. The Balaban J connectivity index is 1.62. The molecule has 10 heteroatoms. The second-order valence-electron chi connectivity index (χ2n) is 7.20. The topological polar surface area (TPSA) is 84.9 Å². The van der Waals surface area contributed by atoms with E-state index in [-0.39, 0.29) is 41.2 Å². The first-order valence-corrected chi connectivity index (χ1v) is 12.3. The van der Waals surface area contributed by atoms with Gasteiger partial charge in [0.15, 0.2) is 0 Å². The van der Waals surface area contributed by atoms with E-state index >= 15 is 0 Å². The molecule has 1 amide bonds. The number of carbonyl (C=O) groups excluding carboxylic acids is 1. The Morgan fingerprint density at radius 1 is 1.26 bits per heavy atom. The molecule has 7 nitrogen and oxygen atoms in total. The van der Waals surface area contributed by atoms with Crippen molar-refractivity contribution in [2.24, 2.45) is 0 Å². The van der Waals surface area contributed by atoms with Gasteiger partial charge in [-0.05, 0) is 36.2 Å². The quantitative estimate of drug-likeness (QED) is 0.730. The number of nitrogens with zero attached hydrogens (tertiary/aromatic N) is 1. The average molecular weight is 467 g/mol. The summed E-state index contributed by atoms with van der Waals surface area (Å²) in [7, 11) is -2.47. The number of ether oxygens (including phenoxy) is 2. The van der Waals surface area contributed by atoms with Crippen molar-refractivity contribution in [2.75, 3.05) is 39.2 Å². The zero-order valence-electron chi connectivity index (χ0n) is 17.0. The molecule has 0 bridgehead atoms. The highest BCUT2D eigenvalue weighted by atomic mass is 32.2. The Morgan fingerprint density at radius 2 is 2.03 bits per heavy atom. The summed E-state index contributed by atoms with van der Waals surface area (Å²) in [6.45, 7) is 1.11. The molecule has 0 aliphatic carbocycles. The molecule has 0 spiro atoms. The van der Waals surface area contributed by atoms with Gasteiger partial charge in [0.05, 0.1) is 26.4 Å². The average Bonchev–Trinajstić information content (AvgIpc) is 2.80. The number of benzene rings is 2. The van der Waals surface area contributed by atoms with Crippen LogP contribution in [0.2, 0.25) is 0 Å². The van der Waals surface area contributed by atoms with E-state index in [2.05, 4.69) is 5.32 Å². The lowest BCUT2D eigenvalue weighted by atomic mass is 10.0. The number of amides is 1. The number of carbonyl (C=O) groups is 1. The molecule has 0 radical (unpaired) electrons. The monoisotopic (exact) mass is 466 g/mol. The summed E-state index contributed by atoms with van der Waals surface area (Å²) in [5.74, 6) is 0.125. The fourth-order valence-electron chi connectivity index (χ4n) is 3.72. The Kier molecular flexibility index (Phi) is 6.52. The first-order valence-electron chi connectivity index (χ1n) is 9.90. The Bertz CT molecular complexity index is 1090. The first kappa shape index (κ1) is 22.1. The second kappa shape index (κ2) is 9.15. The highest BCUT2D eigenvalue weighted by Crippen LogP contribution is 2.38. The molecule has 166 valence electrons. The fraction of sp³-hybridized carbons (Fsp3) is 0.381. The molecule has 2 heterocycles. The van der Waals surface area contributed by atoms with Crippen molar-refractivity contribution < 1.29 is 27.1 Å². The van der Waals surface area contributed by atoms with E-state index in [1.165, 1.54) is 47.4 Å². The smallest absolute Gasteiger partial charge is 0.251 e. The summed E-state index contributed by atoms with van der Waals surface area (Å²) in [5, 5.41) is 2.93.